The number of ether oxygens (including phenoxy) is 2. The van der Waals surface area contributed by atoms with E-state index in [0.717, 1.165) is 4.90 Å². The van der Waals surface area contributed by atoms with Crippen LogP contribution in [-0.2, 0) is 19.1 Å². The third-order valence-electron chi connectivity index (χ3n) is 4.73. The third kappa shape index (κ3) is 4.30. The van der Waals surface area contributed by atoms with E-state index in [2.05, 4.69) is 10.3 Å². The average Bonchev–Trinajstić information content (AvgIpc) is 3.03. The first-order valence-corrected chi connectivity index (χ1v) is 9.06. The van der Waals surface area contributed by atoms with Crippen molar-refractivity contribution in [2.75, 3.05) is 13.7 Å². The first-order chi connectivity index (χ1) is 13.4. The minimum absolute atomic E-state index is 0.152. The Kier molecular flexibility index (Phi) is 6.15. The van der Waals surface area contributed by atoms with Gasteiger partial charge in [-0.3, -0.25) is 19.3 Å². The summed E-state index contributed by atoms with van der Waals surface area (Å²) < 4.78 is 9.85. The molecule has 0 saturated carbocycles. The molecule has 3 amide bonds. The number of carbonyl (C=O) groups excluding carboxylic acids is 5. The SMILES string of the molecule is COC(=O)c1c(C)[nH]c(C(=O)C(C)OC(=O)CCN2C(=O)NC(C)(C)C2=O)c1C. The average molecular weight is 407 g/mol. The van der Waals surface area contributed by atoms with Gasteiger partial charge in [-0.05, 0) is 40.2 Å². The highest BCUT2D eigenvalue weighted by Crippen LogP contribution is 2.21. The molecule has 1 aromatic rings. The third-order valence-corrected chi connectivity index (χ3v) is 4.73. The number of rotatable bonds is 7. The highest BCUT2D eigenvalue weighted by Gasteiger charge is 2.44. The number of aryl methyl sites for hydroxylation is 1. The van der Waals surface area contributed by atoms with Crippen LogP contribution in [0, 0.1) is 13.8 Å². The summed E-state index contributed by atoms with van der Waals surface area (Å²) >= 11 is 0. The molecule has 0 aliphatic carbocycles. The van der Waals surface area contributed by atoms with Gasteiger partial charge in [-0.15, -0.1) is 0 Å². The zero-order valence-corrected chi connectivity index (χ0v) is 17.3. The van der Waals surface area contributed by atoms with Crippen molar-refractivity contribution >= 4 is 29.7 Å². The number of hydrogen-bond donors (Lipinski definition) is 2. The fourth-order valence-electron chi connectivity index (χ4n) is 3.14. The van der Waals surface area contributed by atoms with Crippen molar-refractivity contribution in [3.05, 3.63) is 22.5 Å². The summed E-state index contributed by atoms with van der Waals surface area (Å²) in [5, 5.41) is 2.51. The summed E-state index contributed by atoms with van der Waals surface area (Å²) in [5.74, 6) is -2.25. The van der Waals surface area contributed by atoms with Crippen LogP contribution in [-0.4, -0.2) is 64.8 Å². The smallest absolute Gasteiger partial charge is 0.339 e. The number of nitrogens with one attached hydrogen (secondary N) is 2. The predicted octanol–water partition coefficient (Wildman–Crippen LogP) is 1.25. The lowest BCUT2D eigenvalue weighted by atomic mass is 10.1. The van der Waals surface area contributed by atoms with Gasteiger partial charge in [0.1, 0.15) is 5.54 Å². The van der Waals surface area contributed by atoms with E-state index in [-0.39, 0.29) is 24.2 Å². The van der Waals surface area contributed by atoms with Crippen LogP contribution >= 0.6 is 0 Å². The van der Waals surface area contributed by atoms with Gasteiger partial charge in [-0.1, -0.05) is 0 Å². The van der Waals surface area contributed by atoms with Crippen LogP contribution in [0.15, 0.2) is 0 Å². The molecular weight excluding hydrogens is 382 g/mol. The van der Waals surface area contributed by atoms with Gasteiger partial charge in [0.2, 0.25) is 5.78 Å². The number of ketones is 1. The molecule has 10 heteroatoms. The molecule has 1 aliphatic rings. The second-order valence-corrected chi connectivity index (χ2v) is 7.37. The van der Waals surface area contributed by atoms with Gasteiger partial charge in [0.25, 0.3) is 5.91 Å². The summed E-state index contributed by atoms with van der Waals surface area (Å²) in [4.78, 5) is 64.3. The predicted molar refractivity (Wildman–Crippen MR) is 100 cm³/mol. The molecule has 1 atom stereocenters. The van der Waals surface area contributed by atoms with Crippen LogP contribution in [0.1, 0.15) is 59.3 Å². The van der Waals surface area contributed by atoms with Gasteiger partial charge >= 0.3 is 18.0 Å². The van der Waals surface area contributed by atoms with Gasteiger partial charge in [-0.2, -0.15) is 0 Å². The monoisotopic (exact) mass is 407 g/mol. The lowest BCUT2D eigenvalue weighted by molar-refractivity contribution is -0.146. The lowest BCUT2D eigenvalue weighted by Crippen LogP contribution is -2.40. The molecule has 0 radical (unpaired) electrons. The number of H-pyrrole nitrogens is 1. The van der Waals surface area contributed by atoms with Crippen LogP contribution in [0.2, 0.25) is 0 Å². The second kappa shape index (κ2) is 8.06. The molecule has 10 nitrogen and oxygen atoms in total. The maximum Gasteiger partial charge on any atom is 0.339 e. The number of nitrogens with zero attached hydrogens (tertiary/aromatic N) is 1. The molecule has 1 saturated heterocycles. The van der Waals surface area contributed by atoms with Crippen molar-refractivity contribution in [3.8, 4) is 0 Å². The summed E-state index contributed by atoms with van der Waals surface area (Å²) in [6, 6.07) is -0.579. The molecule has 0 spiro atoms. The zero-order valence-electron chi connectivity index (χ0n) is 17.3. The highest BCUT2D eigenvalue weighted by molar-refractivity contribution is 6.07. The Morgan fingerprint density at radius 2 is 1.79 bits per heavy atom. The Morgan fingerprint density at radius 1 is 1.17 bits per heavy atom. The molecule has 1 unspecified atom stereocenters. The number of aromatic nitrogens is 1. The molecule has 1 aromatic heterocycles. The van der Waals surface area contributed by atoms with Gasteiger partial charge in [0.15, 0.2) is 6.10 Å². The molecule has 1 fully saturated rings. The summed E-state index contributed by atoms with van der Waals surface area (Å²) in [6.07, 6.45) is -1.37. The van der Waals surface area contributed by atoms with Gasteiger partial charge in [-0.25, -0.2) is 9.59 Å². The minimum atomic E-state index is -1.12. The van der Waals surface area contributed by atoms with E-state index in [1.54, 1.807) is 27.7 Å². The van der Waals surface area contributed by atoms with Crippen LogP contribution < -0.4 is 5.32 Å². The van der Waals surface area contributed by atoms with E-state index in [1.165, 1.54) is 14.0 Å². The topological polar surface area (TPSA) is 135 Å². The van der Waals surface area contributed by atoms with Crippen LogP contribution in [0.4, 0.5) is 4.79 Å². The van der Waals surface area contributed by atoms with Gasteiger partial charge < -0.3 is 19.8 Å². The molecule has 0 bridgehead atoms. The van der Waals surface area contributed by atoms with Crippen molar-refractivity contribution in [3.63, 3.8) is 0 Å². The summed E-state index contributed by atoms with van der Waals surface area (Å²) in [5.41, 5.74) is 0.265. The fourth-order valence-corrected chi connectivity index (χ4v) is 3.14. The molecule has 2 N–H and O–H groups in total. The minimum Gasteiger partial charge on any atom is -0.465 e. The van der Waals surface area contributed by atoms with Crippen molar-refractivity contribution < 1.29 is 33.4 Å². The maximum absolute atomic E-state index is 12.6. The summed E-state index contributed by atoms with van der Waals surface area (Å²) in [7, 11) is 1.24. The number of urea groups is 1. The Hall–Kier alpha value is -3.17. The highest BCUT2D eigenvalue weighted by atomic mass is 16.5. The number of Topliss-reactive ketones (excluding diaryl/α,β-unsaturated/α-hetero) is 1. The van der Waals surface area contributed by atoms with Crippen LogP contribution in [0.25, 0.3) is 0 Å². The molecule has 1 aliphatic heterocycles. The van der Waals surface area contributed by atoms with E-state index in [4.69, 9.17) is 9.47 Å². The van der Waals surface area contributed by atoms with E-state index < -0.39 is 41.3 Å². The van der Waals surface area contributed by atoms with Gasteiger partial charge in [0.05, 0.1) is 24.8 Å². The number of amides is 3. The van der Waals surface area contributed by atoms with Crippen LogP contribution in [0.5, 0.6) is 0 Å². The quantitative estimate of drug-likeness (QED) is 0.394. The van der Waals surface area contributed by atoms with E-state index in [1.807, 2.05) is 0 Å². The van der Waals surface area contributed by atoms with E-state index in [9.17, 15) is 24.0 Å². The lowest BCUT2D eigenvalue weighted by Gasteiger charge is -2.16. The first kappa shape index (κ1) is 22.1. The largest absolute Gasteiger partial charge is 0.465 e. The molecule has 29 heavy (non-hydrogen) atoms. The van der Waals surface area contributed by atoms with Gasteiger partial charge in [0, 0.05) is 12.2 Å². The van der Waals surface area contributed by atoms with Crippen LogP contribution in [0.3, 0.4) is 0 Å². The van der Waals surface area contributed by atoms with Crippen molar-refractivity contribution in [1.29, 1.82) is 0 Å². The van der Waals surface area contributed by atoms with Crippen molar-refractivity contribution in [1.82, 2.24) is 15.2 Å². The number of aromatic amines is 1. The molecular formula is C19H25N3O7. The van der Waals surface area contributed by atoms with Crippen molar-refractivity contribution in [2.24, 2.45) is 0 Å². The molecule has 2 heterocycles. The Labute approximate surface area is 167 Å². The Morgan fingerprint density at radius 3 is 2.31 bits per heavy atom. The Balaban J connectivity index is 2.00. The first-order valence-electron chi connectivity index (χ1n) is 9.06. The fraction of sp³-hybridized carbons (Fsp3) is 0.526. The summed E-state index contributed by atoms with van der Waals surface area (Å²) in [6.45, 7) is 7.61. The second-order valence-electron chi connectivity index (χ2n) is 7.37. The Bertz CT molecular complexity index is 885. The number of esters is 2. The standard InChI is InChI=1S/C19H25N3O7/c1-9-13(16(25)28-6)10(2)20-14(9)15(24)11(3)29-12(23)7-8-22-17(26)19(4,5)21-18(22)27/h11,20H,7-8H2,1-6H3,(H,21,27). The maximum atomic E-state index is 12.6. The number of imide groups is 1. The van der Waals surface area contributed by atoms with E-state index >= 15 is 0 Å². The molecule has 2 rings (SSSR count). The molecule has 158 valence electrons. The normalized spacial score (nSPS) is 16.4. The zero-order chi connectivity index (χ0) is 22.1. The number of hydrogen-bond acceptors (Lipinski definition) is 7. The molecule has 0 aromatic carbocycles. The van der Waals surface area contributed by atoms with Crippen molar-refractivity contribution in [2.45, 2.75) is 52.7 Å². The van der Waals surface area contributed by atoms with E-state index in [0.29, 0.717) is 11.3 Å². The number of carbonyl (C=O) groups is 5. The number of methoxy groups -OCH3 is 1.